The minimum Gasteiger partial charge on any atom is -0.445 e. The second-order valence-electron chi connectivity index (χ2n) is 5.51. The molecule has 3 heterocycles. The normalized spacial score (nSPS) is 10.7. The molecule has 0 aliphatic rings. The lowest BCUT2D eigenvalue weighted by atomic mass is 10.1. The Bertz CT molecular complexity index is 1110. The van der Waals surface area contributed by atoms with Crippen LogP contribution in [0.4, 0.5) is 9.39 Å². The lowest BCUT2D eigenvalue weighted by Crippen LogP contribution is -2.12. The maximum absolute atomic E-state index is 13.7. The number of carbonyl (C=O) groups is 1. The third kappa shape index (κ3) is 3.60. The van der Waals surface area contributed by atoms with Gasteiger partial charge in [0, 0.05) is 27.2 Å². The molecule has 1 amide bonds. The summed E-state index contributed by atoms with van der Waals surface area (Å²) in [6, 6.07) is 10.4. The van der Waals surface area contributed by atoms with Gasteiger partial charge in [0.2, 0.25) is 5.89 Å². The first-order chi connectivity index (χ1) is 13.1. The first kappa shape index (κ1) is 17.4. The molecular formula is C19H11ClFN3O2S. The summed E-state index contributed by atoms with van der Waals surface area (Å²) in [6.07, 6.45) is 5.44. The number of nitrogens with one attached hydrogen (secondary N) is 1. The van der Waals surface area contributed by atoms with Crippen molar-refractivity contribution in [1.82, 2.24) is 9.97 Å². The van der Waals surface area contributed by atoms with E-state index in [1.807, 2.05) is 18.2 Å². The van der Waals surface area contributed by atoms with E-state index in [2.05, 4.69) is 15.3 Å². The number of hydrogen-bond donors (Lipinski definition) is 1. The highest BCUT2D eigenvalue weighted by atomic mass is 35.5. The number of amides is 1. The first-order valence-corrected chi connectivity index (χ1v) is 9.02. The summed E-state index contributed by atoms with van der Waals surface area (Å²) in [5, 5.41) is 3.82. The van der Waals surface area contributed by atoms with Crippen LogP contribution >= 0.6 is 22.9 Å². The maximum Gasteiger partial charge on any atom is 0.259 e. The molecule has 5 nitrogen and oxygen atoms in total. The van der Waals surface area contributed by atoms with Crippen LogP contribution in [-0.2, 0) is 0 Å². The summed E-state index contributed by atoms with van der Waals surface area (Å²) in [5.74, 6) is -0.720. The predicted molar refractivity (Wildman–Crippen MR) is 102 cm³/mol. The summed E-state index contributed by atoms with van der Waals surface area (Å²) < 4.78 is 19.0. The fraction of sp³-hybridized carbons (Fsp3) is 0. The van der Waals surface area contributed by atoms with E-state index in [-0.39, 0.29) is 5.56 Å². The minimum atomic E-state index is -0.673. The van der Waals surface area contributed by atoms with E-state index in [9.17, 15) is 9.18 Å². The van der Waals surface area contributed by atoms with Crippen LogP contribution in [0.15, 0.2) is 65.7 Å². The van der Waals surface area contributed by atoms with Crippen LogP contribution < -0.4 is 5.32 Å². The molecule has 0 saturated heterocycles. The molecule has 3 aromatic heterocycles. The van der Waals surface area contributed by atoms with Gasteiger partial charge in [-0.15, -0.1) is 11.3 Å². The summed E-state index contributed by atoms with van der Waals surface area (Å²) >= 11 is 7.67. The van der Waals surface area contributed by atoms with E-state index in [4.69, 9.17) is 16.0 Å². The highest BCUT2D eigenvalue weighted by Crippen LogP contribution is 2.38. The van der Waals surface area contributed by atoms with Crippen LogP contribution in [0.25, 0.3) is 21.9 Å². The molecular weight excluding hydrogens is 389 g/mol. The van der Waals surface area contributed by atoms with Gasteiger partial charge in [-0.3, -0.25) is 9.78 Å². The number of pyridine rings is 1. The number of nitrogens with zero attached hydrogens (tertiary/aromatic N) is 2. The lowest BCUT2D eigenvalue weighted by molar-refractivity contribution is 0.102. The zero-order chi connectivity index (χ0) is 18.8. The van der Waals surface area contributed by atoms with Crippen LogP contribution in [0.2, 0.25) is 5.02 Å². The van der Waals surface area contributed by atoms with Crippen molar-refractivity contribution in [1.29, 1.82) is 0 Å². The molecule has 1 N–H and O–H groups in total. The number of hydrogen-bond acceptors (Lipinski definition) is 5. The van der Waals surface area contributed by atoms with E-state index >= 15 is 0 Å². The molecule has 0 bridgehead atoms. The highest BCUT2D eigenvalue weighted by molar-refractivity contribution is 7.19. The molecule has 0 spiro atoms. The minimum absolute atomic E-state index is 0.0659. The molecule has 0 aliphatic heterocycles. The van der Waals surface area contributed by atoms with Crippen molar-refractivity contribution in [3.8, 4) is 21.9 Å². The number of aromatic nitrogens is 2. The number of thiophene rings is 1. The van der Waals surface area contributed by atoms with Gasteiger partial charge in [0.05, 0.1) is 23.0 Å². The fourth-order valence-corrected chi connectivity index (χ4v) is 3.71. The molecule has 0 aliphatic carbocycles. The maximum atomic E-state index is 13.7. The topological polar surface area (TPSA) is 68.0 Å². The van der Waals surface area contributed by atoms with Gasteiger partial charge in [-0.1, -0.05) is 11.6 Å². The third-order valence-corrected chi connectivity index (χ3v) is 5.13. The van der Waals surface area contributed by atoms with Crippen molar-refractivity contribution in [2.24, 2.45) is 0 Å². The average Bonchev–Trinajstić information content (AvgIpc) is 3.34. The SMILES string of the molecule is O=C(Nc1ccc(-c2cc(-c3ncco3)ccc2Cl)s1)c1ccncc1F. The van der Waals surface area contributed by atoms with Gasteiger partial charge in [-0.2, -0.15) is 0 Å². The van der Waals surface area contributed by atoms with Gasteiger partial charge in [0.15, 0.2) is 5.82 Å². The largest absolute Gasteiger partial charge is 0.445 e. The van der Waals surface area contributed by atoms with Crippen LogP contribution in [-0.4, -0.2) is 15.9 Å². The van der Waals surface area contributed by atoms with Gasteiger partial charge in [-0.25, -0.2) is 9.37 Å². The monoisotopic (exact) mass is 399 g/mol. The standard InChI is InChI=1S/C19H11ClFN3O2S/c20-14-2-1-11(19-23-7-8-26-19)9-13(14)16-3-4-17(27-16)24-18(25)12-5-6-22-10-15(12)21/h1-10H,(H,24,25). The lowest BCUT2D eigenvalue weighted by Gasteiger charge is -2.05. The third-order valence-electron chi connectivity index (χ3n) is 3.77. The molecule has 0 atom stereocenters. The summed E-state index contributed by atoms with van der Waals surface area (Å²) in [4.78, 5) is 20.9. The Kier molecular flexibility index (Phi) is 4.70. The van der Waals surface area contributed by atoms with Crippen molar-refractivity contribution in [3.05, 3.63) is 77.7 Å². The fourth-order valence-electron chi connectivity index (χ4n) is 2.50. The van der Waals surface area contributed by atoms with Gasteiger partial charge in [-0.05, 0) is 36.4 Å². The first-order valence-electron chi connectivity index (χ1n) is 7.82. The molecule has 4 aromatic rings. The van der Waals surface area contributed by atoms with E-state index in [0.717, 1.165) is 22.2 Å². The van der Waals surface area contributed by atoms with Crippen molar-refractivity contribution in [2.75, 3.05) is 5.32 Å². The molecule has 0 unspecified atom stereocenters. The Morgan fingerprint density at radius 1 is 1.19 bits per heavy atom. The van der Waals surface area contributed by atoms with E-state index in [1.165, 1.54) is 29.9 Å². The predicted octanol–water partition coefficient (Wildman–Crippen LogP) is 5.51. The van der Waals surface area contributed by atoms with Crippen LogP contribution in [0, 0.1) is 5.82 Å². The molecule has 0 fully saturated rings. The van der Waals surface area contributed by atoms with Crippen LogP contribution in [0.5, 0.6) is 0 Å². The zero-order valence-electron chi connectivity index (χ0n) is 13.6. The van der Waals surface area contributed by atoms with E-state index < -0.39 is 11.7 Å². The molecule has 0 radical (unpaired) electrons. The van der Waals surface area contributed by atoms with Crippen LogP contribution in [0.1, 0.15) is 10.4 Å². The molecule has 0 saturated carbocycles. The Hall–Kier alpha value is -3.03. The van der Waals surface area contributed by atoms with Gasteiger partial charge >= 0.3 is 0 Å². The number of halogens is 2. The van der Waals surface area contributed by atoms with Gasteiger partial charge in [0.1, 0.15) is 6.26 Å². The van der Waals surface area contributed by atoms with Gasteiger partial charge < -0.3 is 9.73 Å². The number of carbonyl (C=O) groups excluding carboxylic acids is 1. The van der Waals surface area contributed by atoms with Crippen molar-refractivity contribution < 1.29 is 13.6 Å². The van der Waals surface area contributed by atoms with Crippen molar-refractivity contribution in [2.45, 2.75) is 0 Å². The average molecular weight is 400 g/mol. The Morgan fingerprint density at radius 3 is 2.85 bits per heavy atom. The smallest absolute Gasteiger partial charge is 0.259 e. The Balaban J connectivity index is 1.60. The summed E-state index contributed by atoms with van der Waals surface area (Å²) in [6.45, 7) is 0. The number of benzene rings is 1. The number of oxazole rings is 1. The molecule has 4 rings (SSSR count). The second-order valence-corrected chi connectivity index (χ2v) is 7.00. The van der Waals surface area contributed by atoms with E-state index in [1.54, 1.807) is 18.3 Å². The van der Waals surface area contributed by atoms with Crippen molar-refractivity contribution in [3.63, 3.8) is 0 Å². The Labute approximate surface area is 162 Å². The summed E-state index contributed by atoms with van der Waals surface area (Å²) in [7, 11) is 0. The highest BCUT2D eigenvalue weighted by Gasteiger charge is 2.15. The van der Waals surface area contributed by atoms with Crippen LogP contribution in [0.3, 0.4) is 0 Å². The molecule has 1 aromatic carbocycles. The van der Waals surface area contributed by atoms with E-state index in [0.29, 0.717) is 15.9 Å². The number of anilines is 1. The molecule has 27 heavy (non-hydrogen) atoms. The zero-order valence-corrected chi connectivity index (χ0v) is 15.2. The van der Waals surface area contributed by atoms with Crippen molar-refractivity contribution >= 4 is 33.8 Å². The quantitative estimate of drug-likeness (QED) is 0.491. The molecule has 8 heteroatoms. The van der Waals surface area contributed by atoms with Gasteiger partial charge in [0.25, 0.3) is 5.91 Å². The number of rotatable bonds is 4. The Morgan fingerprint density at radius 2 is 2.07 bits per heavy atom. The summed E-state index contributed by atoms with van der Waals surface area (Å²) in [5.41, 5.74) is 1.51. The molecule has 134 valence electrons. The second kappa shape index (κ2) is 7.30.